The summed E-state index contributed by atoms with van der Waals surface area (Å²) in [6.45, 7) is 3.63. The lowest BCUT2D eigenvalue weighted by molar-refractivity contribution is -0.129. The van der Waals surface area contributed by atoms with Crippen LogP contribution < -0.4 is 5.32 Å². The van der Waals surface area contributed by atoms with E-state index >= 15 is 0 Å². The van der Waals surface area contributed by atoms with Crippen LogP contribution in [0.25, 0.3) is 0 Å². The summed E-state index contributed by atoms with van der Waals surface area (Å²) in [4.78, 5) is 26.4. The molecule has 0 radical (unpaired) electrons. The maximum Gasteiger partial charge on any atom is 0.226 e. The van der Waals surface area contributed by atoms with Gasteiger partial charge in [-0.1, -0.05) is 0 Å². The first kappa shape index (κ1) is 15.9. The molecule has 1 saturated heterocycles. The fraction of sp³-hybridized carbons (Fsp3) is 0.529. The van der Waals surface area contributed by atoms with E-state index in [0.717, 1.165) is 36.8 Å². The minimum Gasteiger partial charge on any atom is -0.467 e. The highest BCUT2D eigenvalue weighted by Gasteiger charge is 2.35. The van der Waals surface area contributed by atoms with E-state index in [2.05, 4.69) is 20.1 Å². The Kier molecular flexibility index (Phi) is 4.03. The molecule has 8 nitrogen and oxygen atoms in total. The van der Waals surface area contributed by atoms with Gasteiger partial charge in [-0.05, 0) is 25.5 Å². The zero-order valence-corrected chi connectivity index (χ0v) is 14.1. The van der Waals surface area contributed by atoms with Crippen molar-refractivity contribution in [2.75, 3.05) is 6.54 Å². The van der Waals surface area contributed by atoms with E-state index in [1.54, 1.807) is 17.2 Å². The number of amides is 2. The Hall–Kier alpha value is -2.64. The molecular weight excluding hydrogens is 322 g/mol. The first-order chi connectivity index (χ1) is 12.1. The van der Waals surface area contributed by atoms with Crippen LogP contribution in [-0.2, 0) is 29.1 Å². The molecule has 25 heavy (non-hydrogen) atoms. The molecule has 2 aliphatic rings. The van der Waals surface area contributed by atoms with E-state index in [1.807, 2.05) is 13.0 Å². The van der Waals surface area contributed by atoms with Crippen molar-refractivity contribution in [3.05, 3.63) is 35.8 Å². The normalized spacial score (nSPS) is 20.8. The molecule has 2 amide bonds. The summed E-state index contributed by atoms with van der Waals surface area (Å²) < 4.78 is 7.36. The second-order valence-corrected chi connectivity index (χ2v) is 6.71. The lowest BCUT2D eigenvalue weighted by Gasteiger charge is -2.17. The Balaban J connectivity index is 1.37. The average molecular weight is 343 g/mol. The minimum absolute atomic E-state index is 0.0208. The van der Waals surface area contributed by atoms with E-state index in [-0.39, 0.29) is 30.2 Å². The van der Waals surface area contributed by atoms with E-state index < -0.39 is 0 Å². The summed E-state index contributed by atoms with van der Waals surface area (Å²) in [6.07, 6.45) is 3.82. The number of furan rings is 1. The first-order valence-corrected chi connectivity index (χ1v) is 8.64. The van der Waals surface area contributed by atoms with Gasteiger partial charge in [-0.3, -0.25) is 9.59 Å². The molecule has 2 aromatic rings. The maximum atomic E-state index is 12.6. The molecule has 132 valence electrons. The van der Waals surface area contributed by atoms with Crippen LogP contribution in [0.4, 0.5) is 0 Å². The number of aryl methyl sites for hydroxylation is 1. The van der Waals surface area contributed by atoms with Crippen LogP contribution in [-0.4, -0.2) is 38.0 Å². The van der Waals surface area contributed by atoms with Gasteiger partial charge in [0.1, 0.15) is 11.6 Å². The van der Waals surface area contributed by atoms with Gasteiger partial charge < -0.3 is 19.2 Å². The van der Waals surface area contributed by atoms with Crippen molar-refractivity contribution in [2.24, 2.45) is 5.92 Å². The number of rotatable bonds is 5. The monoisotopic (exact) mass is 343 g/mol. The van der Waals surface area contributed by atoms with Crippen LogP contribution in [0.5, 0.6) is 0 Å². The topological polar surface area (TPSA) is 93.3 Å². The molecule has 0 aliphatic carbocycles. The second kappa shape index (κ2) is 6.34. The van der Waals surface area contributed by atoms with Gasteiger partial charge in [0, 0.05) is 25.9 Å². The predicted molar refractivity (Wildman–Crippen MR) is 87.1 cm³/mol. The van der Waals surface area contributed by atoms with Crippen molar-refractivity contribution in [1.29, 1.82) is 0 Å². The van der Waals surface area contributed by atoms with Crippen LogP contribution in [0.15, 0.2) is 22.8 Å². The fourth-order valence-corrected chi connectivity index (χ4v) is 3.58. The summed E-state index contributed by atoms with van der Waals surface area (Å²) in [5.74, 6) is 2.02. The SMILES string of the molecule is C[C@@H](NC(=O)[C@@H]1CC(=O)N(Cc2ccco2)C1)c1nnc2n1CCC2. The molecule has 2 aromatic heterocycles. The van der Waals surface area contributed by atoms with Crippen molar-refractivity contribution >= 4 is 11.8 Å². The highest BCUT2D eigenvalue weighted by atomic mass is 16.3. The number of likely N-dealkylation sites (tertiary alicyclic amines) is 1. The van der Waals surface area contributed by atoms with Crippen LogP contribution >= 0.6 is 0 Å². The molecule has 2 aliphatic heterocycles. The zero-order valence-electron chi connectivity index (χ0n) is 14.1. The summed E-state index contributed by atoms with van der Waals surface area (Å²) >= 11 is 0. The summed E-state index contributed by atoms with van der Waals surface area (Å²) in [5, 5.41) is 11.4. The average Bonchev–Trinajstić information content (AvgIpc) is 3.32. The number of hydrogen-bond donors (Lipinski definition) is 1. The molecule has 1 N–H and O–H groups in total. The highest BCUT2D eigenvalue weighted by Crippen LogP contribution is 2.23. The van der Waals surface area contributed by atoms with Crippen LogP contribution in [0.3, 0.4) is 0 Å². The quantitative estimate of drug-likeness (QED) is 0.876. The number of aromatic nitrogens is 3. The molecule has 8 heteroatoms. The largest absolute Gasteiger partial charge is 0.467 e. The number of hydrogen-bond acceptors (Lipinski definition) is 5. The van der Waals surface area contributed by atoms with Crippen molar-refractivity contribution in [3.8, 4) is 0 Å². The Morgan fingerprint density at radius 2 is 2.36 bits per heavy atom. The van der Waals surface area contributed by atoms with Gasteiger partial charge in [0.05, 0.1) is 24.8 Å². The molecule has 4 heterocycles. The van der Waals surface area contributed by atoms with E-state index in [1.165, 1.54) is 0 Å². The highest BCUT2D eigenvalue weighted by molar-refractivity contribution is 5.89. The standard InChI is InChI=1S/C17H21N5O3/c1-11(16-20-19-14-5-2-6-22(14)16)18-17(24)12-8-15(23)21(9-12)10-13-4-3-7-25-13/h3-4,7,11-12H,2,5-6,8-10H2,1H3,(H,18,24)/t11-,12-/m1/s1. The third-order valence-corrected chi connectivity index (χ3v) is 4.90. The molecule has 0 unspecified atom stereocenters. The fourth-order valence-electron chi connectivity index (χ4n) is 3.58. The summed E-state index contributed by atoms with van der Waals surface area (Å²) in [6, 6.07) is 3.40. The van der Waals surface area contributed by atoms with Crippen LogP contribution in [0.1, 0.15) is 43.2 Å². The molecule has 0 aromatic carbocycles. The summed E-state index contributed by atoms with van der Waals surface area (Å²) in [5.41, 5.74) is 0. The molecular formula is C17H21N5O3. The Morgan fingerprint density at radius 3 is 3.16 bits per heavy atom. The van der Waals surface area contributed by atoms with Gasteiger partial charge >= 0.3 is 0 Å². The molecule has 4 rings (SSSR count). The van der Waals surface area contributed by atoms with E-state index in [4.69, 9.17) is 4.42 Å². The second-order valence-electron chi connectivity index (χ2n) is 6.71. The summed E-state index contributed by atoms with van der Waals surface area (Å²) in [7, 11) is 0. The van der Waals surface area contributed by atoms with Gasteiger partial charge in [-0.15, -0.1) is 10.2 Å². The number of nitrogens with zero attached hydrogens (tertiary/aromatic N) is 4. The van der Waals surface area contributed by atoms with Gasteiger partial charge in [-0.25, -0.2) is 0 Å². The molecule has 0 bridgehead atoms. The van der Waals surface area contributed by atoms with Crippen molar-refractivity contribution in [3.63, 3.8) is 0 Å². The lowest BCUT2D eigenvalue weighted by atomic mass is 10.1. The third kappa shape index (κ3) is 3.04. The first-order valence-electron chi connectivity index (χ1n) is 8.64. The van der Waals surface area contributed by atoms with Crippen molar-refractivity contribution in [1.82, 2.24) is 25.0 Å². The Labute approximate surface area is 145 Å². The van der Waals surface area contributed by atoms with Gasteiger partial charge in [0.2, 0.25) is 11.8 Å². The Bertz CT molecular complexity index is 782. The number of carbonyl (C=O) groups excluding carboxylic acids is 2. The number of carbonyl (C=O) groups is 2. The minimum atomic E-state index is -0.342. The van der Waals surface area contributed by atoms with E-state index in [9.17, 15) is 9.59 Å². The number of fused-ring (bicyclic) bond motifs is 1. The zero-order chi connectivity index (χ0) is 17.4. The molecule has 0 spiro atoms. The molecule has 2 atom stereocenters. The smallest absolute Gasteiger partial charge is 0.226 e. The van der Waals surface area contributed by atoms with Gasteiger partial charge in [-0.2, -0.15) is 0 Å². The van der Waals surface area contributed by atoms with Crippen LogP contribution in [0.2, 0.25) is 0 Å². The molecule has 0 saturated carbocycles. The van der Waals surface area contributed by atoms with Crippen molar-refractivity contribution in [2.45, 2.75) is 45.3 Å². The number of nitrogens with one attached hydrogen (secondary N) is 1. The Morgan fingerprint density at radius 1 is 1.48 bits per heavy atom. The van der Waals surface area contributed by atoms with Crippen molar-refractivity contribution < 1.29 is 14.0 Å². The van der Waals surface area contributed by atoms with E-state index in [0.29, 0.717) is 13.1 Å². The van der Waals surface area contributed by atoms with Gasteiger partial charge in [0.25, 0.3) is 0 Å². The van der Waals surface area contributed by atoms with Crippen LogP contribution in [0, 0.1) is 5.92 Å². The predicted octanol–water partition coefficient (Wildman–Crippen LogP) is 1.04. The maximum absolute atomic E-state index is 12.6. The third-order valence-electron chi connectivity index (χ3n) is 4.90. The molecule has 1 fully saturated rings. The lowest BCUT2D eigenvalue weighted by Crippen LogP contribution is -2.35. The van der Waals surface area contributed by atoms with Gasteiger partial charge in [0.15, 0.2) is 5.82 Å².